The van der Waals surface area contributed by atoms with Gasteiger partial charge < -0.3 is 45.1 Å². The number of aliphatic hydroxyl groups is 5. The zero-order chi connectivity index (χ0) is 68.6. The number of amides is 1. The maximum Gasteiger partial charge on any atom is 0.305 e. The van der Waals surface area contributed by atoms with Crippen LogP contribution in [0.2, 0.25) is 0 Å². The molecule has 0 aliphatic carbocycles. The molecule has 1 aliphatic rings. The SMILES string of the molecule is CCCCCCCCCCCCCCC/C=C/C(O)C(COC1OC(CO)C(O)C(O)C1O)NC(=O)CCCCCCCCCCCCCCCCCCC/C=C\C/C=C\CCCCCCCCCCCCCCCCCOC(=O)CCCCCCCCCCCCCCC. The molecule has 0 aromatic rings. The molecule has 7 atom stereocenters. The molecule has 95 heavy (non-hydrogen) atoms. The lowest BCUT2D eigenvalue weighted by molar-refractivity contribution is -0.302. The van der Waals surface area contributed by atoms with Crippen LogP contribution in [0.4, 0.5) is 0 Å². The smallest absolute Gasteiger partial charge is 0.305 e. The molecule has 1 aliphatic heterocycles. The van der Waals surface area contributed by atoms with Gasteiger partial charge in [-0.05, 0) is 64.2 Å². The summed E-state index contributed by atoms with van der Waals surface area (Å²) in [5.41, 5.74) is 0. The van der Waals surface area contributed by atoms with Gasteiger partial charge in [0.15, 0.2) is 6.29 Å². The lowest BCUT2D eigenvalue weighted by atomic mass is 9.99. The van der Waals surface area contributed by atoms with Crippen LogP contribution in [-0.4, -0.2) is 100 Å². The fourth-order valence-electron chi connectivity index (χ4n) is 13.5. The number of rotatable bonds is 75. The van der Waals surface area contributed by atoms with Gasteiger partial charge in [0.05, 0.1) is 32.0 Å². The van der Waals surface area contributed by atoms with Crippen molar-refractivity contribution in [1.82, 2.24) is 5.32 Å². The second-order valence-corrected chi connectivity index (χ2v) is 29.2. The molecule has 1 rings (SSSR count). The Morgan fingerprint density at radius 2 is 0.705 bits per heavy atom. The molecule has 11 nitrogen and oxygen atoms in total. The van der Waals surface area contributed by atoms with Gasteiger partial charge in [0, 0.05) is 12.8 Å². The van der Waals surface area contributed by atoms with E-state index in [0.717, 1.165) is 57.8 Å². The van der Waals surface area contributed by atoms with Crippen molar-refractivity contribution >= 4 is 11.9 Å². The molecule has 7 unspecified atom stereocenters. The van der Waals surface area contributed by atoms with Gasteiger partial charge in [-0.25, -0.2) is 0 Å². The Bertz CT molecular complexity index is 1670. The van der Waals surface area contributed by atoms with E-state index < -0.39 is 49.5 Å². The first-order valence-electron chi connectivity index (χ1n) is 41.8. The number of carbonyl (C=O) groups is 2. The van der Waals surface area contributed by atoms with Gasteiger partial charge in [-0.15, -0.1) is 0 Å². The maximum atomic E-state index is 13.1. The highest BCUT2D eigenvalue weighted by Gasteiger charge is 2.44. The Kier molecular flexibility index (Phi) is 69.9. The molecule has 1 amide bonds. The third-order valence-corrected chi connectivity index (χ3v) is 20.0. The van der Waals surface area contributed by atoms with Crippen LogP contribution in [0.3, 0.4) is 0 Å². The van der Waals surface area contributed by atoms with Crippen molar-refractivity contribution in [3.05, 3.63) is 36.5 Å². The minimum absolute atomic E-state index is 0.0169. The van der Waals surface area contributed by atoms with Crippen LogP contribution in [-0.2, 0) is 23.8 Å². The number of carbonyl (C=O) groups excluding carboxylic acids is 2. The first-order valence-corrected chi connectivity index (χ1v) is 41.8. The van der Waals surface area contributed by atoms with E-state index >= 15 is 0 Å². The minimum Gasteiger partial charge on any atom is -0.466 e. The van der Waals surface area contributed by atoms with E-state index in [2.05, 4.69) is 43.5 Å². The lowest BCUT2D eigenvalue weighted by Gasteiger charge is -2.40. The molecular weight excluding hydrogens is 1180 g/mol. The number of ether oxygens (including phenoxy) is 3. The summed E-state index contributed by atoms with van der Waals surface area (Å²) in [6.07, 6.45) is 86.1. The quantitative estimate of drug-likeness (QED) is 0.0195. The van der Waals surface area contributed by atoms with Gasteiger partial charge >= 0.3 is 5.97 Å². The highest BCUT2D eigenvalue weighted by atomic mass is 16.7. The van der Waals surface area contributed by atoms with Crippen molar-refractivity contribution in [3.8, 4) is 0 Å². The van der Waals surface area contributed by atoms with E-state index in [4.69, 9.17) is 14.2 Å². The van der Waals surface area contributed by atoms with Crippen molar-refractivity contribution in [3.63, 3.8) is 0 Å². The van der Waals surface area contributed by atoms with Crippen molar-refractivity contribution in [2.45, 2.75) is 468 Å². The number of allylic oxidation sites excluding steroid dienone is 5. The lowest BCUT2D eigenvalue weighted by Crippen LogP contribution is -2.60. The predicted molar refractivity (Wildman–Crippen MR) is 403 cm³/mol. The van der Waals surface area contributed by atoms with Crippen molar-refractivity contribution in [2.75, 3.05) is 19.8 Å². The summed E-state index contributed by atoms with van der Waals surface area (Å²) in [4.78, 5) is 25.2. The third kappa shape index (κ3) is 61.5. The molecule has 0 bridgehead atoms. The number of unbranched alkanes of at least 4 members (excludes halogenated alkanes) is 57. The molecule has 0 spiro atoms. The zero-order valence-electron chi connectivity index (χ0n) is 62.7. The molecule has 1 saturated heterocycles. The van der Waals surface area contributed by atoms with Crippen molar-refractivity contribution < 1.29 is 49.3 Å². The molecule has 0 aromatic carbocycles. The molecular formula is C84H159NO10. The average Bonchev–Trinajstić information content (AvgIpc) is 0.850. The summed E-state index contributed by atoms with van der Waals surface area (Å²) in [6.45, 7) is 4.41. The highest BCUT2D eigenvalue weighted by molar-refractivity contribution is 5.76. The predicted octanol–water partition coefficient (Wildman–Crippen LogP) is 22.9. The van der Waals surface area contributed by atoms with Crippen LogP contribution in [0.15, 0.2) is 36.5 Å². The van der Waals surface area contributed by atoms with Crippen LogP contribution in [0.5, 0.6) is 0 Å². The van der Waals surface area contributed by atoms with Crippen LogP contribution >= 0.6 is 0 Å². The third-order valence-electron chi connectivity index (χ3n) is 20.0. The van der Waals surface area contributed by atoms with Crippen LogP contribution < -0.4 is 5.32 Å². The molecule has 560 valence electrons. The van der Waals surface area contributed by atoms with E-state index in [1.807, 2.05) is 6.08 Å². The monoisotopic (exact) mass is 1340 g/mol. The summed E-state index contributed by atoms with van der Waals surface area (Å²) in [7, 11) is 0. The first kappa shape index (κ1) is 90.9. The van der Waals surface area contributed by atoms with E-state index in [1.165, 1.54) is 340 Å². The number of aliphatic hydroxyl groups excluding tert-OH is 5. The number of hydrogen-bond donors (Lipinski definition) is 6. The molecule has 0 aromatic heterocycles. The second-order valence-electron chi connectivity index (χ2n) is 29.2. The number of nitrogens with one attached hydrogen (secondary N) is 1. The van der Waals surface area contributed by atoms with Crippen molar-refractivity contribution in [1.29, 1.82) is 0 Å². The molecule has 1 heterocycles. The largest absolute Gasteiger partial charge is 0.466 e. The van der Waals surface area contributed by atoms with Gasteiger partial charge in [-0.2, -0.15) is 0 Å². The zero-order valence-corrected chi connectivity index (χ0v) is 62.7. The Hall–Kier alpha value is -2.12. The Morgan fingerprint density at radius 1 is 0.389 bits per heavy atom. The van der Waals surface area contributed by atoms with Crippen LogP contribution in [0.1, 0.15) is 425 Å². The van der Waals surface area contributed by atoms with Gasteiger partial charge in [0.25, 0.3) is 0 Å². The topological polar surface area (TPSA) is 175 Å². The highest BCUT2D eigenvalue weighted by Crippen LogP contribution is 2.24. The molecule has 1 fully saturated rings. The molecule has 11 heteroatoms. The first-order chi connectivity index (χ1) is 46.7. The summed E-state index contributed by atoms with van der Waals surface area (Å²) in [6, 6.07) is -0.808. The molecule has 6 N–H and O–H groups in total. The van der Waals surface area contributed by atoms with Crippen molar-refractivity contribution in [2.24, 2.45) is 0 Å². The van der Waals surface area contributed by atoms with Gasteiger partial charge in [-0.1, -0.05) is 384 Å². The molecule has 0 radical (unpaired) electrons. The Balaban J connectivity index is 1.92. The van der Waals surface area contributed by atoms with Crippen LogP contribution in [0.25, 0.3) is 0 Å². The molecule has 0 saturated carbocycles. The summed E-state index contributed by atoms with van der Waals surface area (Å²) < 4.78 is 16.8. The fraction of sp³-hybridized carbons (Fsp3) is 0.905. The number of hydrogen-bond acceptors (Lipinski definition) is 10. The Labute approximate surface area is 587 Å². The number of esters is 1. The summed E-state index contributed by atoms with van der Waals surface area (Å²) in [5, 5.41) is 54.7. The Morgan fingerprint density at radius 3 is 1.06 bits per heavy atom. The van der Waals surface area contributed by atoms with E-state index in [9.17, 15) is 35.1 Å². The average molecular weight is 1340 g/mol. The fourth-order valence-corrected chi connectivity index (χ4v) is 13.5. The normalized spacial score (nSPS) is 17.5. The van der Waals surface area contributed by atoms with E-state index in [1.54, 1.807) is 6.08 Å². The van der Waals surface area contributed by atoms with E-state index in [0.29, 0.717) is 19.4 Å². The van der Waals surface area contributed by atoms with Gasteiger partial charge in [-0.3, -0.25) is 9.59 Å². The van der Waals surface area contributed by atoms with Gasteiger partial charge in [0.1, 0.15) is 24.4 Å². The maximum absolute atomic E-state index is 13.1. The van der Waals surface area contributed by atoms with Gasteiger partial charge in [0.2, 0.25) is 5.91 Å². The standard InChI is InChI=1S/C84H159NO10/c1-3-5-7-9-11-13-15-17-43-47-50-54-58-62-66-70-77(87)76(75-94-84-83(92)82(91)81(90)78(74-86)95-84)85-79(88)71-67-63-59-55-51-48-44-41-39-37-35-33-31-29-27-25-23-21-19-18-20-22-24-26-28-30-32-34-36-38-40-42-45-49-53-57-61-65-69-73-93-80(89)72-68-64-60-56-52-46-16-14-12-10-8-6-4-2/h18-19,22,24,66,70,76-78,81-84,86-87,90-92H,3-17,20-21,23,25-65,67-69,71-75H2,1-2H3,(H,85,88)/b19-18-,24-22-,70-66+. The minimum atomic E-state index is -1.57. The second kappa shape index (κ2) is 73.1. The van der Waals surface area contributed by atoms with E-state index in [-0.39, 0.29) is 18.5 Å². The summed E-state index contributed by atoms with van der Waals surface area (Å²) >= 11 is 0. The van der Waals surface area contributed by atoms with Crippen LogP contribution in [0, 0.1) is 0 Å². The summed E-state index contributed by atoms with van der Waals surface area (Å²) in [5.74, 6) is -0.158.